The standard InChI is InChI=1S/C23H19F2N5O2/c1-26-23(32)20(15-7-8-18(24)19(25)10-15)29-22(31)17-9-16-12-28-30(21(16)27-11-17)13-14-5-3-2-4-6-14/h2-12,20H,13H2,1H3,(H,26,32)(H,29,31). The number of carbonyl (C=O) groups is 2. The van der Waals surface area contributed by atoms with E-state index in [-0.39, 0.29) is 11.1 Å². The maximum absolute atomic E-state index is 13.7. The number of pyridine rings is 1. The third-order valence-electron chi connectivity index (χ3n) is 4.97. The van der Waals surface area contributed by atoms with Crippen molar-refractivity contribution >= 4 is 22.8 Å². The van der Waals surface area contributed by atoms with Crippen LogP contribution in [-0.2, 0) is 11.3 Å². The van der Waals surface area contributed by atoms with Crippen LogP contribution in [0, 0.1) is 11.6 Å². The molecule has 162 valence electrons. The zero-order valence-corrected chi connectivity index (χ0v) is 17.0. The van der Waals surface area contributed by atoms with Gasteiger partial charge in [-0.3, -0.25) is 9.59 Å². The Hall–Kier alpha value is -4.14. The maximum Gasteiger partial charge on any atom is 0.253 e. The van der Waals surface area contributed by atoms with Crippen LogP contribution in [0.1, 0.15) is 27.5 Å². The molecule has 32 heavy (non-hydrogen) atoms. The number of amides is 2. The average Bonchev–Trinajstić information content (AvgIpc) is 3.21. The Morgan fingerprint density at radius 3 is 2.53 bits per heavy atom. The van der Waals surface area contributed by atoms with Crippen molar-refractivity contribution in [1.82, 2.24) is 25.4 Å². The van der Waals surface area contributed by atoms with Crippen molar-refractivity contribution in [2.24, 2.45) is 0 Å². The van der Waals surface area contributed by atoms with Gasteiger partial charge in [-0.15, -0.1) is 0 Å². The summed E-state index contributed by atoms with van der Waals surface area (Å²) in [5, 5.41) is 9.95. The summed E-state index contributed by atoms with van der Waals surface area (Å²) in [7, 11) is 1.39. The van der Waals surface area contributed by atoms with Gasteiger partial charge >= 0.3 is 0 Å². The van der Waals surface area contributed by atoms with E-state index in [0.29, 0.717) is 17.6 Å². The molecule has 7 nitrogen and oxygen atoms in total. The van der Waals surface area contributed by atoms with Crippen molar-refractivity contribution in [3.05, 3.63) is 95.3 Å². The number of nitrogens with one attached hydrogen (secondary N) is 2. The molecule has 2 aromatic heterocycles. The molecule has 0 aliphatic rings. The van der Waals surface area contributed by atoms with E-state index >= 15 is 0 Å². The summed E-state index contributed by atoms with van der Waals surface area (Å²) >= 11 is 0. The quantitative estimate of drug-likeness (QED) is 0.487. The number of benzene rings is 2. The monoisotopic (exact) mass is 435 g/mol. The molecule has 0 fully saturated rings. The number of hydrogen-bond acceptors (Lipinski definition) is 4. The Labute approximate surface area is 182 Å². The fraction of sp³-hybridized carbons (Fsp3) is 0.130. The van der Waals surface area contributed by atoms with Gasteiger partial charge in [0, 0.05) is 18.6 Å². The third kappa shape index (κ3) is 4.31. The molecule has 0 saturated heterocycles. The predicted molar refractivity (Wildman–Crippen MR) is 114 cm³/mol. The third-order valence-corrected chi connectivity index (χ3v) is 4.97. The molecule has 1 atom stereocenters. The van der Waals surface area contributed by atoms with Gasteiger partial charge in [-0.25, -0.2) is 18.4 Å². The van der Waals surface area contributed by atoms with Crippen LogP contribution in [0.15, 0.2) is 67.0 Å². The van der Waals surface area contributed by atoms with Gasteiger partial charge in [0.1, 0.15) is 6.04 Å². The fourth-order valence-corrected chi connectivity index (χ4v) is 3.32. The molecule has 2 amide bonds. The van der Waals surface area contributed by atoms with Crippen molar-refractivity contribution in [1.29, 1.82) is 0 Å². The van der Waals surface area contributed by atoms with Crippen molar-refractivity contribution in [2.45, 2.75) is 12.6 Å². The highest BCUT2D eigenvalue weighted by atomic mass is 19.2. The van der Waals surface area contributed by atoms with Crippen LogP contribution in [0.2, 0.25) is 0 Å². The molecule has 0 spiro atoms. The van der Waals surface area contributed by atoms with Crippen LogP contribution in [-0.4, -0.2) is 33.6 Å². The summed E-state index contributed by atoms with van der Waals surface area (Å²) in [5.41, 5.74) is 1.98. The summed E-state index contributed by atoms with van der Waals surface area (Å²) in [6, 6.07) is 13.2. The normalized spacial score (nSPS) is 11.8. The first-order valence-electron chi connectivity index (χ1n) is 9.79. The largest absolute Gasteiger partial charge is 0.357 e. The number of aromatic nitrogens is 3. The summed E-state index contributed by atoms with van der Waals surface area (Å²) in [6.07, 6.45) is 2.99. The van der Waals surface area contributed by atoms with Gasteiger partial charge in [0.15, 0.2) is 17.3 Å². The SMILES string of the molecule is CNC(=O)C(NC(=O)c1cnc2c(cnn2Cc2ccccc2)c1)c1ccc(F)c(F)c1. The number of likely N-dealkylation sites (N-methyl/N-ethyl adjacent to an activating group) is 1. The minimum absolute atomic E-state index is 0.112. The van der Waals surface area contributed by atoms with E-state index in [9.17, 15) is 18.4 Å². The molecular formula is C23H19F2N5O2. The summed E-state index contributed by atoms with van der Waals surface area (Å²) in [6.45, 7) is 0.526. The van der Waals surface area contributed by atoms with Crippen molar-refractivity contribution in [2.75, 3.05) is 7.05 Å². The second-order valence-electron chi connectivity index (χ2n) is 7.12. The molecule has 0 saturated carbocycles. The van der Waals surface area contributed by atoms with Crippen molar-refractivity contribution < 1.29 is 18.4 Å². The lowest BCUT2D eigenvalue weighted by Gasteiger charge is -2.18. The van der Waals surface area contributed by atoms with Crippen LogP contribution in [0.3, 0.4) is 0 Å². The van der Waals surface area contributed by atoms with E-state index in [1.54, 1.807) is 16.9 Å². The molecule has 1 unspecified atom stereocenters. The molecule has 2 heterocycles. The molecule has 4 aromatic rings. The zero-order valence-electron chi connectivity index (χ0n) is 17.0. The molecular weight excluding hydrogens is 416 g/mol. The zero-order chi connectivity index (χ0) is 22.7. The lowest BCUT2D eigenvalue weighted by Crippen LogP contribution is -2.39. The van der Waals surface area contributed by atoms with Gasteiger partial charge in [-0.1, -0.05) is 36.4 Å². The first-order valence-corrected chi connectivity index (χ1v) is 9.79. The van der Waals surface area contributed by atoms with Crippen LogP contribution < -0.4 is 10.6 Å². The van der Waals surface area contributed by atoms with Gasteiger partial charge in [-0.05, 0) is 29.3 Å². The summed E-state index contributed by atoms with van der Waals surface area (Å²) in [4.78, 5) is 29.5. The highest BCUT2D eigenvalue weighted by Crippen LogP contribution is 2.19. The summed E-state index contributed by atoms with van der Waals surface area (Å²) < 4.78 is 28.7. The van der Waals surface area contributed by atoms with E-state index in [1.807, 2.05) is 30.3 Å². The van der Waals surface area contributed by atoms with Crippen LogP contribution in [0.4, 0.5) is 8.78 Å². The lowest BCUT2D eigenvalue weighted by atomic mass is 10.0. The number of rotatable bonds is 6. The summed E-state index contributed by atoms with van der Waals surface area (Å²) in [5.74, 6) is -3.32. The molecule has 0 aliphatic carbocycles. The fourth-order valence-electron chi connectivity index (χ4n) is 3.32. The molecule has 2 N–H and O–H groups in total. The number of nitrogens with zero attached hydrogens (tertiary/aromatic N) is 3. The lowest BCUT2D eigenvalue weighted by molar-refractivity contribution is -0.122. The van der Waals surface area contributed by atoms with E-state index in [1.165, 1.54) is 19.3 Å². The predicted octanol–water partition coefficient (Wildman–Crippen LogP) is 2.97. The first kappa shape index (κ1) is 21.1. The topological polar surface area (TPSA) is 88.9 Å². The van der Waals surface area contributed by atoms with Gasteiger partial charge in [-0.2, -0.15) is 5.10 Å². The Morgan fingerprint density at radius 2 is 1.81 bits per heavy atom. The van der Waals surface area contributed by atoms with Crippen LogP contribution in [0.25, 0.3) is 11.0 Å². The van der Waals surface area contributed by atoms with Gasteiger partial charge < -0.3 is 10.6 Å². The molecule has 0 radical (unpaired) electrons. The molecule has 9 heteroatoms. The van der Waals surface area contributed by atoms with Crippen molar-refractivity contribution in [3.8, 4) is 0 Å². The van der Waals surface area contributed by atoms with E-state index in [2.05, 4.69) is 20.7 Å². The number of carbonyl (C=O) groups excluding carboxylic acids is 2. The highest BCUT2D eigenvalue weighted by molar-refractivity contribution is 5.99. The van der Waals surface area contributed by atoms with Crippen LogP contribution >= 0.6 is 0 Å². The second-order valence-corrected chi connectivity index (χ2v) is 7.12. The van der Waals surface area contributed by atoms with Gasteiger partial charge in [0.05, 0.1) is 18.3 Å². The Morgan fingerprint density at radius 1 is 1.03 bits per heavy atom. The van der Waals surface area contributed by atoms with Gasteiger partial charge in [0.2, 0.25) is 5.91 Å². The molecule has 0 aliphatic heterocycles. The Kier molecular flexibility index (Phi) is 5.89. The number of halogens is 2. The average molecular weight is 435 g/mol. The molecule has 2 aromatic carbocycles. The highest BCUT2D eigenvalue weighted by Gasteiger charge is 2.24. The minimum atomic E-state index is -1.21. The maximum atomic E-state index is 13.7. The van der Waals surface area contributed by atoms with Crippen LogP contribution in [0.5, 0.6) is 0 Å². The van der Waals surface area contributed by atoms with Crippen molar-refractivity contribution in [3.63, 3.8) is 0 Å². The number of fused-ring (bicyclic) bond motifs is 1. The molecule has 0 bridgehead atoms. The smallest absolute Gasteiger partial charge is 0.253 e. The van der Waals surface area contributed by atoms with E-state index in [0.717, 1.165) is 17.7 Å². The minimum Gasteiger partial charge on any atom is -0.357 e. The Bertz CT molecular complexity index is 1290. The first-order chi connectivity index (χ1) is 15.5. The Balaban J connectivity index is 1.58. The molecule has 4 rings (SSSR count). The van der Waals surface area contributed by atoms with Gasteiger partial charge in [0.25, 0.3) is 5.91 Å². The second kappa shape index (κ2) is 8.93. The van der Waals surface area contributed by atoms with E-state index < -0.39 is 29.5 Å². The van der Waals surface area contributed by atoms with E-state index in [4.69, 9.17) is 0 Å². The number of hydrogen-bond donors (Lipinski definition) is 2.